The maximum Gasteiger partial charge on any atom is 0.405 e. The van der Waals surface area contributed by atoms with E-state index in [-0.39, 0.29) is 32.8 Å². The molecule has 0 saturated heterocycles. The number of hydrogen-bond donors (Lipinski definition) is 5. The molecule has 0 spiro atoms. The van der Waals surface area contributed by atoms with Gasteiger partial charge in [0.1, 0.15) is 12.2 Å². The maximum atomic E-state index is 12.6. The highest BCUT2D eigenvalue weighted by Crippen LogP contribution is 2.47. The average molecular weight is 536 g/mol. The van der Waals surface area contributed by atoms with Gasteiger partial charge in [-0.3, -0.25) is 14.2 Å². The zero-order valence-corrected chi connectivity index (χ0v) is 21.6. The van der Waals surface area contributed by atoms with Crippen molar-refractivity contribution in [2.24, 2.45) is 0 Å². The molecule has 5 N–H and O–H groups in total. The third-order valence-electron chi connectivity index (χ3n) is 4.81. The Hall–Kier alpha value is -2.17. The van der Waals surface area contributed by atoms with Gasteiger partial charge in [0.2, 0.25) is 11.8 Å². The summed E-state index contributed by atoms with van der Waals surface area (Å²) in [6.45, 7) is 3.54. The summed E-state index contributed by atoms with van der Waals surface area (Å²) in [7, 11) is -3.49. The number of amides is 3. The van der Waals surface area contributed by atoms with Crippen molar-refractivity contribution >= 4 is 37.1 Å². The molecule has 198 valence electrons. The zero-order chi connectivity index (χ0) is 26.3. The number of carbonyl (C=O) groups is 3. The van der Waals surface area contributed by atoms with Crippen LogP contribution >= 0.6 is 19.2 Å². The van der Waals surface area contributed by atoms with Crippen molar-refractivity contribution in [1.82, 2.24) is 16.0 Å². The lowest BCUT2D eigenvalue weighted by atomic mass is 10.0. The molecule has 0 fully saturated rings. The van der Waals surface area contributed by atoms with E-state index < -0.39 is 43.7 Å². The second-order valence-corrected chi connectivity index (χ2v) is 10.2. The normalized spacial score (nSPS) is 13.0. The fourth-order valence-electron chi connectivity index (χ4n) is 3.24. The molecule has 3 amide bonds. The predicted octanol–water partition coefficient (Wildman–Crippen LogP) is 2.55. The number of carbonyl (C=O) groups excluding carboxylic acids is 2. The molecule has 0 radical (unpaired) electrons. The van der Waals surface area contributed by atoms with E-state index in [9.17, 15) is 24.1 Å². The SMILES string of the molecule is CCOP(=O)(CC(=O)NCCCCC(NC(=O)O)C(=O)NC(CO)Cc1ccc(Cl)cc1)OCC. The van der Waals surface area contributed by atoms with Crippen LogP contribution in [0, 0.1) is 0 Å². The van der Waals surface area contributed by atoms with Gasteiger partial charge >= 0.3 is 13.7 Å². The minimum absolute atomic E-state index is 0.154. The molecule has 13 heteroatoms. The van der Waals surface area contributed by atoms with Gasteiger partial charge in [-0.1, -0.05) is 23.7 Å². The number of aliphatic hydroxyl groups is 1. The predicted molar refractivity (Wildman–Crippen MR) is 132 cm³/mol. The molecule has 0 aliphatic carbocycles. The molecule has 1 rings (SSSR count). The second kappa shape index (κ2) is 16.5. The number of unbranched alkanes of at least 4 members (excludes halogenated alkanes) is 1. The summed E-state index contributed by atoms with van der Waals surface area (Å²) in [6.07, 6.45) is -0.329. The second-order valence-electron chi connectivity index (χ2n) is 7.67. The quantitative estimate of drug-likeness (QED) is 0.150. The van der Waals surface area contributed by atoms with Crippen LogP contribution in [0.15, 0.2) is 24.3 Å². The summed E-state index contributed by atoms with van der Waals surface area (Å²) in [6, 6.07) is 5.33. The minimum atomic E-state index is -3.49. The van der Waals surface area contributed by atoms with Crippen LogP contribution in [0.1, 0.15) is 38.7 Å². The minimum Gasteiger partial charge on any atom is -0.465 e. The largest absolute Gasteiger partial charge is 0.465 e. The summed E-state index contributed by atoms with van der Waals surface area (Å²) >= 11 is 5.87. The van der Waals surface area contributed by atoms with Crippen LogP contribution in [-0.4, -0.2) is 72.7 Å². The van der Waals surface area contributed by atoms with Crippen molar-refractivity contribution in [3.63, 3.8) is 0 Å². The Labute approximate surface area is 210 Å². The van der Waals surface area contributed by atoms with Gasteiger partial charge in [-0.15, -0.1) is 0 Å². The van der Waals surface area contributed by atoms with E-state index >= 15 is 0 Å². The molecule has 0 heterocycles. The number of nitrogens with one attached hydrogen (secondary N) is 3. The van der Waals surface area contributed by atoms with Crippen molar-refractivity contribution < 1.29 is 38.2 Å². The maximum absolute atomic E-state index is 12.6. The number of aliphatic hydroxyl groups excluding tert-OH is 1. The average Bonchev–Trinajstić information content (AvgIpc) is 2.78. The van der Waals surface area contributed by atoms with Crippen LogP contribution in [0.25, 0.3) is 0 Å². The van der Waals surface area contributed by atoms with Crippen LogP contribution in [0.5, 0.6) is 0 Å². The third-order valence-corrected chi connectivity index (χ3v) is 7.04. The van der Waals surface area contributed by atoms with Gasteiger partial charge in [0.25, 0.3) is 0 Å². The lowest BCUT2D eigenvalue weighted by molar-refractivity contribution is -0.124. The van der Waals surface area contributed by atoms with E-state index in [4.69, 9.17) is 25.8 Å². The first-order chi connectivity index (χ1) is 16.6. The topological polar surface area (TPSA) is 163 Å². The molecule has 1 aromatic carbocycles. The van der Waals surface area contributed by atoms with Gasteiger partial charge in [-0.25, -0.2) is 4.79 Å². The standard InChI is InChI=1S/C22H35ClN3O8P/c1-3-33-35(32,34-4-2)15-20(28)24-12-6-5-7-19(26-22(30)31)21(29)25-18(14-27)13-16-8-10-17(23)11-9-16/h8-11,18-19,26-27H,3-7,12-15H2,1-2H3,(H,24,28)(H,25,29)(H,30,31). The molecule has 0 aromatic heterocycles. The fourth-order valence-corrected chi connectivity index (χ4v) is 4.87. The van der Waals surface area contributed by atoms with Crippen molar-refractivity contribution in [3.05, 3.63) is 34.9 Å². The number of hydrogen-bond acceptors (Lipinski definition) is 7. The Morgan fingerprint density at radius 2 is 1.69 bits per heavy atom. The van der Waals surface area contributed by atoms with E-state index in [2.05, 4.69) is 16.0 Å². The van der Waals surface area contributed by atoms with Crippen LogP contribution < -0.4 is 16.0 Å². The van der Waals surface area contributed by atoms with E-state index in [1.54, 1.807) is 38.1 Å². The van der Waals surface area contributed by atoms with Crippen LogP contribution in [0.2, 0.25) is 5.02 Å². The zero-order valence-electron chi connectivity index (χ0n) is 20.0. The Balaban J connectivity index is 2.52. The van der Waals surface area contributed by atoms with Gasteiger partial charge in [0.05, 0.1) is 25.9 Å². The van der Waals surface area contributed by atoms with E-state index in [0.717, 1.165) is 5.56 Å². The Morgan fingerprint density at radius 3 is 2.23 bits per heavy atom. The smallest absolute Gasteiger partial charge is 0.405 e. The Morgan fingerprint density at radius 1 is 1.06 bits per heavy atom. The number of rotatable bonds is 17. The molecule has 11 nitrogen and oxygen atoms in total. The molecule has 2 atom stereocenters. The number of halogens is 1. The Bertz CT molecular complexity index is 846. The molecule has 0 bridgehead atoms. The number of benzene rings is 1. The van der Waals surface area contributed by atoms with Crippen molar-refractivity contribution in [1.29, 1.82) is 0 Å². The van der Waals surface area contributed by atoms with Gasteiger partial charge in [-0.2, -0.15) is 0 Å². The lowest BCUT2D eigenvalue weighted by Crippen LogP contribution is -2.50. The van der Waals surface area contributed by atoms with Crippen LogP contribution in [0.3, 0.4) is 0 Å². The first-order valence-corrected chi connectivity index (χ1v) is 13.5. The molecule has 2 unspecified atom stereocenters. The molecular weight excluding hydrogens is 501 g/mol. The third kappa shape index (κ3) is 12.9. The summed E-state index contributed by atoms with van der Waals surface area (Å²) in [5.74, 6) is -1.04. The highest BCUT2D eigenvalue weighted by molar-refractivity contribution is 7.54. The van der Waals surface area contributed by atoms with Crippen LogP contribution in [0.4, 0.5) is 4.79 Å². The summed E-state index contributed by atoms with van der Waals surface area (Å²) in [5.41, 5.74) is 0.852. The molecule has 35 heavy (non-hydrogen) atoms. The van der Waals surface area contributed by atoms with E-state index in [0.29, 0.717) is 24.3 Å². The first kappa shape index (κ1) is 30.9. The molecule has 0 aliphatic rings. The summed E-state index contributed by atoms with van der Waals surface area (Å²) in [4.78, 5) is 35.8. The summed E-state index contributed by atoms with van der Waals surface area (Å²) in [5, 5.41) is 26.8. The highest BCUT2D eigenvalue weighted by atomic mass is 35.5. The van der Waals surface area contributed by atoms with Gasteiger partial charge in [0, 0.05) is 11.6 Å². The van der Waals surface area contributed by atoms with E-state index in [1.165, 1.54) is 0 Å². The van der Waals surface area contributed by atoms with E-state index in [1.807, 2.05) is 0 Å². The highest BCUT2D eigenvalue weighted by Gasteiger charge is 2.27. The molecular formula is C22H35ClN3O8P. The lowest BCUT2D eigenvalue weighted by Gasteiger charge is -2.22. The molecule has 1 aromatic rings. The molecule has 0 aliphatic heterocycles. The summed E-state index contributed by atoms with van der Waals surface area (Å²) < 4.78 is 22.6. The molecule has 0 saturated carbocycles. The monoisotopic (exact) mass is 535 g/mol. The number of carboxylic acid groups (broad SMARTS) is 1. The van der Waals surface area contributed by atoms with Gasteiger partial charge in [-0.05, 0) is 57.2 Å². The van der Waals surface area contributed by atoms with Crippen molar-refractivity contribution in [3.8, 4) is 0 Å². The Kier molecular flexibility index (Phi) is 14.5. The van der Waals surface area contributed by atoms with Crippen LogP contribution in [-0.2, 0) is 29.6 Å². The fraction of sp³-hybridized carbons (Fsp3) is 0.591. The van der Waals surface area contributed by atoms with Gasteiger partial charge < -0.3 is 35.2 Å². The first-order valence-electron chi connectivity index (χ1n) is 11.4. The van der Waals surface area contributed by atoms with Crippen molar-refractivity contribution in [2.45, 2.75) is 51.6 Å². The van der Waals surface area contributed by atoms with Gasteiger partial charge in [0.15, 0.2) is 0 Å². The van der Waals surface area contributed by atoms with Crippen molar-refractivity contribution in [2.75, 3.05) is 32.5 Å².